The van der Waals surface area contributed by atoms with Crippen LogP contribution in [0.25, 0.3) is 0 Å². The molecule has 0 radical (unpaired) electrons. The van der Waals surface area contributed by atoms with E-state index in [9.17, 15) is 4.79 Å². The van der Waals surface area contributed by atoms with Gasteiger partial charge in [-0.2, -0.15) is 0 Å². The highest BCUT2D eigenvalue weighted by Crippen LogP contribution is 2.14. The van der Waals surface area contributed by atoms with E-state index < -0.39 is 0 Å². The molecule has 0 spiro atoms. The molecule has 0 bridgehead atoms. The van der Waals surface area contributed by atoms with E-state index in [2.05, 4.69) is 27.1 Å². The number of rotatable bonds is 9. The number of unbranched alkanes of at least 4 members (excludes halogenated alkanes) is 2. The van der Waals surface area contributed by atoms with Crippen molar-refractivity contribution in [3.05, 3.63) is 47.9 Å². The minimum Gasteiger partial charge on any atom is -0.494 e. The molecule has 2 aromatic rings. The first kappa shape index (κ1) is 20.1. The van der Waals surface area contributed by atoms with Gasteiger partial charge in [-0.15, -0.1) is 0 Å². The molecular weight excluding hydrogens is 356 g/mol. The maximum absolute atomic E-state index is 12.4. The normalized spacial score (nSPS) is 14.0. The smallest absolute Gasteiger partial charge is 0.251 e. The van der Waals surface area contributed by atoms with E-state index in [4.69, 9.17) is 9.47 Å². The predicted molar refractivity (Wildman–Crippen MR) is 108 cm³/mol. The van der Waals surface area contributed by atoms with E-state index in [0.29, 0.717) is 31.2 Å². The van der Waals surface area contributed by atoms with Crippen molar-refractivity contribution in [2.75, 3.05) is 37.8 Å². The molecule has 3 rings (SSSR count). The number of morpholine rings is 1. The molecule has 0 atom stereocenters. The van der Waals surface area contributed by atoms with Gasteiger partial charge in [-0.3, -0.25) is 4.79 Å². The van der Waals surface area contributed by atoms with Crippen molar-refractivity contribution in [3.63, 3.8) is 0 Å². The number of hydrogen-bond acceptors (Lipinski definition) is 6. The highest BCUT2D eigenvalue weighted by Gasteiger charge is 2.13. The van der Waals surface area contributed by atoms with Crippen LogP contribution in [0.15, 0.2) is 36.5 Å². The summed E-state index contributed by atoms with van der Waals surface area (Å²) in [6.45, 7) is 6.19. The molecule has 1 aliphatic heterocycles. The molecule has 1 aromatic heterocycles. The Labute approximate surface area is 166 Å². The largest absolute Gasteiger partial charge is 0.494 e. The van der Waals surface area contributed by atoms with Crippen LogP contribution < -0.4 is 15.0 Å². The fraction of sp³-hybridized carbons (Fsp3) is 0.476. The standard InChI is InChI=1S/C21H28N4O3/c1-2-3-4-13-28-18-7-5-17(6-8-18)21(26)23-16-19-22-10-9-20(24-19)25-11-14-27-15-12-25/h5-10H,2-4,11-16H2,1H3,(H,23,26). The van der Waals surface area contributed by atoms with Crippen molar-refractivity contribution >= 4 is 11.7 Å². The monoisotopic (exact) mass is 384 g/mol. The van der Waals surface area contributed by atoms with Crippen molar-refractivity contribution in [2.45, 2.75) is 32.7 Å². The second-order valence-electron chi connectivity index (χ2n) is 6.69. The first-order valence-electron chi connectivity index (χ1n) is 9.92. The summed E-state index contributed by atoms with van der Waals surface area (Å²) in [7, 11) is 0. The number of carbonyl (C=O) groups excluding carboxylic acids is 1. The topological polar surface area (TPSA) is 76.6 Å². The van der Waals surface area contributed by atoms with Crippen molar-refractivity contribution in [1.29, 1.82) is 0 Å². The molecule has 7 nitrogen and oxygen atoms in total. The molecule has 1 saturated heterocycles. The summed E-state index contributed by atoms with van der Waals surface area (Å²) in [6.07, 6.45) is 5.10. The lowest BCUT2D eigenvalue weighted by Crippen LogP contribution is -2.37. The number of carbonyl (C=O) groups is 1. The second kappa shape index (κ2) is 10.6. The Balaban J connectivity index is 1.49. The number of aromatic nitrogens is 2. The van der Waals surface area contributed by atoms with Crippen LogP contribution in [0.3, 0.4) is 0 Å². The third-order valence-electron chi connectivity index (χ3n) is 4.57. The highest BCUT2D eigenvalue weighted by molar-refractivity contribution is 5.94. The average Bonchev–Trinajstić information content (AvgIpc) is 2.76. The van der Waals surface area contributed by atoms with Gasteiger partial charge in [0.05, 0.1) is 26.4 Å². The fourth-order valence-electron chi connectivity index (χ4n) is 2.95. The number of nitrogens with one attached hydrogen (secondary N) is 1. The summed E-state index contributed by atoms with van der Waals surface area (Å²) in [4.78, 5) is 23.4. The van der Waals surface area contributed by atoms with Gasteiger partial charge in [-0.1, -0.05) is 19.8 Å². The number of hydrogen-bond donors (Lipinski definition) is 1. The van der Waals surface area contributed by atoms with Crippen LogP contribution >= 0.6 is 0 Å². The fourth-order valence-corrected chi connectivity index (χ4v) is 2.95. The number of ether oxygens (including phenoxy) is 2. The van der Waals surface area contributed by atoms with Gasteiger partial charge in [0.1, 0.15) is 17.4 Å². The average molecular weight is 384 g/mol. The molecule has 0 saturated carbocycles. The van der Waals surface area contributed by atoms with Crippen molar-refractivity contribution in [2.24, 2.45) is 0 Å². The summed E-state index contributed by atoms with van der Waals surface area (Å²) in [5, 5.41) is 2.88. The second-order valence-corrected chi connectivity index (χ2v) is 6.69. The van der Waals surface area contributed by atoms with Crippen LogP contribution in [0.4, 0.5) is 5.82 Å². The molecule has 1 N–H and O–H groups in total. The molecule has 1 aliphatic rings. The number of anilines is 1. The van der Waals surface area contributed by atoms with Crippen LogP contribution in [0.1, 0.15) is 42.4 Å². The number of amides is 1. The minimum absolute atomic E-state index is 0.155. The summed E-state index contributed by atoms with van der Waals surface area (Å²) < 4.78 is 11.0. The number of nitrogens with zero attached hydrogens (tertiary/aromatic N) is 3. The van der Waals surface area contributed by atoms with Gasteiger partial charge in [-0.25, -0.2) is 9.97 Å². The van der Waals surface area contributed by atoms with Gasteiger partial charge in [0.2, 0.25) is 0 Å². The maximum atomic E-state index is 12.4. The van der Waals surface area contributed by atoms with E-state index in [-0.39, 0.29) is 12.5 Å². The van der Waals surface area contributed by atoms with Crippen LogP contribution in [0.2, 0.25) is 0 Å². The minimum atomic E-state index is -0.155. The molecule has 150 valence electrons. The zero-order chi connectivity index (χ0) is 19.6. The van der Waals surface area contributed by atoms with Crippen LogP contribution in [0, 0.1) is 0 Å². The molecule has 0 unspecified atom stereocenters. The van der Waals surface area contributed by atoms with Gasteiger partial charge >= 0.3 is 0 Å². The zero-order valence-electron chi connectivity index (χ0n) is 16.4. The predicted octanol–water partition coefficient (Wildman–Crippen LogP) is 2.81. The van der Waals surface area contributed by atoms with Gasteiger partial charge < -0.3 is 19.7 Å². The summed E-state index contributed by atoms with van der Waals surface area (Å²) in [5.74, 6) is 2.09. The Bertz CT molecular complexity index is 746. The van der Waals surface area contributed by atoms with Crippen LogP contribution in [-0.4, -0.2) is 48.8 Å². The van der Waals surface area contributed by atoms with Gasteiger partial charge in [0.25, 0.3) is 5.91 Å². The highest BCUT2D eigenvalue weighted by atomic mass is 16.5. The Morgan fingerprint density at radius 1 is 1.18 bits per heavy atom. The van der Waals surface area contributed by atoms with Gasteiger partial charge in [0.15, 0.2) is 0 Å². The quantitative estimate of drug-likeness (QED) is 0.670. The third kappa shape index (κ3) is 5.92. The Kier molecular flexibility index (Phi) is 7.61. The Morgan fingerprint density at radius 2 is 1.96 bits per heavy atom. The van der Waals surface area contributed by atoms with E-state index in [1.165, 1.54) is 6.42 Å². The Morgan fingerprint density at radius 3 is 2.71 bits per heavy atom. The lowest BCUT2D eigenvalue weighted by atomic mass is 10.2. The molecular formula is C21H28N4O3. The SMILES string of the molecule is CCCCCOc1ccc(C(=O)NCc2nccc(N3CCOCC3)n2)cc1. The van der Waals surface area contributed by atoms with Gasteiger partial charge in [-0.05, 0) is 36.8 Å². The third-order valence-corrected chi connectivity index (χ3v) is 4.57. The van der Waals surface area contributed by atoms with Crippen LogP contribution in [0.5, 0.6) is 5.75 Å². The first-order chi connectivity index (χ1) is 13.8. The molecule has 1 fully saturated rings. The van der Waals surface area contributed by atoms with Crippen molar-refractivity contribution < 1.29 is 14.3 Å². The lowest BCUT2D eigenvalue weighted by molar-refractivity contribution is 0.0950. The Hall–Kier alpha value is -2.67. The summed E-state index contributed by atoms with van der Waals surface area (Å²) >= 11 is 0. The number of benzene rings is 1. The lowest BCUT2D eigenvalue weighted by Gasteiger charge is -2.27. The zero-order valence-corrected chi connectivity index (χ0v) is 16.4. The van der Waals surface area contributed by atoms with Crippen molar-refractivity contribution in [3.8, 4) is 5.75 Å². The van der Waals surface area contributed by atoms with Crippen molar-refractivity contribution in [1.82, 2.24) is 15.3 Å². The molecule has 1 amide bonds. The maximum Gasteiger partial charge on any atom is 0.251 e. The summed E-state index contributed by atoms with van der Waals surface area (Å²) in [5.41, 5.74) is 0.588. The molecule has 1 aromatic carbocycles. The van der Waals surface area contributed by atoms with E-state index in [0.717, 1.165) is 37.5 Å². The first-order valence-corrected chi connectivity index (χ1v) is 9.92. The van der Waals surface area contributed by atoms with Gasteiger partial charge in [0, 0.05) is 24.8 Å². The molecule has 7 heteroatoms. The van der Waals surface area contributed by atoms with E-state index in [1.807, 2.05) is 18.2 Å². The molecule has 0 aliphatic carbocycles. The van der Waals surface area contributed by atoms with E-state index >= 15 is 0 Å². The van der Waals surface area contributed by atoms with Crippen LogP contribution in [-0.2, 0) is 11.3 Å². The van der Waals surface area contributed by atoms with E-state index in [1.54, 1.807) is 18.3 Å². The molecule has 28 heavy (non-hydrogen) atoms. The molecule has 2 heterocycles. The summed E-state index contributed by atoms with van der Waals surface area (Å²) in [6, 6.07) is 9.09.